The Morgan fingerprint density at radius 1 is 1.31 bits per heavy atom. The Hall–Kier alpha value is -1.77. The van der Waals surface area contributed by atoms with Crippen LogP contribution in [0.25, 0.3) is 11.0 Å². The van der Waals surface area contributed by atoms with Gasteiger partial charge in [-0.15, -0.1) is 24.0 Å². The fourth-order valence-corrected chi connectivity index (χ4v) is 3.34. The number of carbonyl (C=O) groups excluding carboxylic acids is 1. The molecule has 0 radical (unpaired) electrons. The second-order valence-corrected chi connectivity index (χ2v) is 6.46. The molecule has 2 heterocycles. The van der Waals surface area contributed by atoms with E-state index < -0.39 is 0 Å². The molecule has 2 aromatic rings. The van der Waals surface area contributed by atoms with E-state index in [4.69, 9.17) is 4.42 Å². The van der Waals surface area contributed by atoms with Gasteiger partial charge < -0.3 is 20.0 Å². The average Bonchev–Trinajstić information content (AvgIpc) is 3.06. The first-order valence-electron chi connectivity index (χ1n) is 8.83. The largest absolute Gasteiger partial charge is 0.459 e. The number of guanidine groups is 1. The second kappa shape index (κ2) is 9.80. The minimum absolute atomic E-state index is 0. The van der Waals surface area contributed by atoms with Crippen molar-refractivity contribution in [2.75, 3.05) is 27.2 Å². The van der Waals surface area contributed by atoms with Gasteiger partial charge in [-0.1, -0.05) is 18.2 Å². The van der Waals surface area contributed by atoms with Crippen molar-refractivity contribution in [3.63, 3.8) is 0 Å². The van der Waals surface area contributed by atoms with E-state index in [0.717, 1.165) is 48.6 Å². The molecule has 142 valence electrons. The molecule has 1 amide bonds. The second-order valence-electron chi connectivity index (χ2n) is 6.46. The molecular weight excluding hydrogens is 443 g/mol. The number of carbonyl (C=O) groups is 1. The first kappa shape index (κ1) is 20.5. The summed E-state index contributed by atoms with van der Waals surface area (Å²) in [6.45, 7) is 2.45. The van der Waals surface area contributed by atoms with Gasteiger partial charge in [-0.3, -0.25) is 9.79 Å². The number of piperidine rings is 1. The van der Waals surface area contributed by atoms with Gasteiger partial charge in [0, 0.05) is 39.0 Å². The molecule has 2 N–H and O–H groups in total. The van der Waals surface area contributed by atoms with E-state index in [-0.39, 0.29) is 29.9 Å². The van der Waals surface area contributed by atoms with Gasteiger partial charge in [0.1, 0.15) is 11.3 Å². The molecule has 1 fully saturated rings. The van der Waals surface area contributed by atoms with Gasteiger partial charge in [0.05, 0.1) is 6.54 Å². The zero-order valence-electron chi connectivity index (χ0n) is 15.3. The van der Waals surface area contributed by atoms with Crippen molar-refractivity contribution in [3.8, 4) is 0 Å². The van der Waals surface area contributed by atoms with Gasteiger partial charge in [-0.2, -0.15) is 0 Å². The van der Waals surface area contributed by atoms with Gasteiger partial charge in [0.2, 0.25) is 5.91 Å². The lowest BCUT2D eigenvalue weighted by Crippen LogP contribution is -2.45. The smallest absolute Gasteiger partial charge is 0.220 e. The van der Waals surface area contributed by atoms with Crippen LogP contribution in [0.2, 0.25) is 0 Å². The summed E-state index contributed by atoms with van der Waals surface area (Å²) in [5.41, 5.74) is 0.907. The van der Waals surface area contributed by atoms with E-state index >= 15 is 0 Å². The third-order valence-corrected chi connectivity index (χ3v) is 4.78. The predicted molar refractivity (Wildman–Crippen MR) is 115 cm³/mol. The normalized spacial score (nSPS) is 15.6. The maximum absolute atomic E-state index is 11.5. The summed E-state index contributed by atoms with van der Waals surface area (Å²) in [5.74, 6) is 2.38. The van der Waals surface area contributed by atoms with Crippen LogP contribution in [0.1, 0.15) is 25.0 Å². The summed E-state index contributed by atoms with van der Waals surface area (Å²) in [4.78, 5) is 18.2. The molecule has 0 bridgehead atoms. The molecule has 26 heavy (non-hydrogen) atoms. The first-order valence-corrected chi connectivity index (χ1v) is 8.83. The van der Waals surface area contributed by atoms with Crippen molar-refractivity contribution in [1.82, 2.24) is 15.5 Å². The number of likely N-dealkylation sites (tertiary alicyclic amines) is 1. The molecular formula is C19H27IN4O2. The van der Waals surface area contributed by atoms with Crippen LogP contribution >= 0.6 is 24.0 Å². The summed E-state index contributed by atoms with van der Waals surface area (Å²) in [5, 5.41) is 7.21. The maximum atomic E-state index is 11.5. The van der Waals surface area contributed by atoms with Crippen LogP contribution in [0.15, 0.2) is 39.7 Å². The van der Waals surface area contributed by atoms with E-state index in [1.54, 1.807) is 14.1 Å². The standard InChI is InChI=1S/C19H26N4O2.HI/c1-20-18(24)11-14-7-9-23(10-8-14)19(21-2)22-13-16-12-15-5-3-4-6-17(15)25-16;/h3-6,12,14H,7-11,13H2,1-2H3,(H,20,24)(H,21,22);1H. The lowest BCUT2D eigenvalue weighted by molar-refractivity contribution is -0.121. The van der Waals surface area contributed by atoms with E-state index in [2.05, 4.69) is 26.6 Å². The number of hydrogen-bond donors (Lipinski definition) is 2. The van der Waals surface area contributed by atoms with Crippen molar-refractivity contribution in [3.05, 3.63) is 36.1 Å². The van der Waals surface area contributed by atoms with Crippen molar-refractivity contribution in [1.29, 1.82) is 0 Å². The highest BCUT2D eigenvalue weighted by atomic mass is 127. The minimum Gasteiger partial charge on any atom is -0.459 e. The minimum atomic E-state index is 0. The first-order chi connectivity index (χ1) is 12.2. The van der Waals surface area contributed by atoms with E-state index in [0.29, 0.717) is 18.9 Å². The number of amides is 1. The lowest BCUT2D eigenvalue weighted by atomic mass is 9.93. The monoisotopic (exact) mass is 470 g/mol. The Morgan fingerprint density at radius 2 is 2.04 bits per heavy atom. The predicted octanol–water partition coefficient (Wildman–Crippen LogP) is 2.97. The zero-order valence-corrected chi connectivity index (χ0v) is 17.7. The quantitative estimate of drug-likeness (QED) is 0.410. The van der Waals surface area contributed by atoms with Gasteiger partial charge in [-0.05, 0) is 30.9 Å². The number of para-hydroxylation sites is 1. The Balaban J connectivity index is 0.00000243. The van der Waals surface area contributed by atoms with Crippen LogP contribution in [0.4, 0.5) is 0 Å². The molecule has 0 aliphatic carbocycles. The number of halogens is 1. The van der Waals surface area contributed by atoms with Gasteiger partial charge in [0.25, 0.3) is 0 Å². The summed E-state index contributed by atoms with van der Waals surface area (Å²) in [7, 11) is 3.50. The van der Waals surface area contributed by atoms with Crippen LogP contribution in [-0.4, -0.2) is 44.0 Å². The van der Waals surface area contributed by atoms with Gasteiger partial charge in [0.15, 0.2) is 5.96 Å². The van der Waals surface area contributed by atoms with Crippen LogP contribution in [-0.2, 0) is 11.3 Å². The Kier molecular flexibility index (Phi) is 7.74. The number of furan rings is 1. The van der Waals surface area contributed by atoms with Gasteiger partial charge in [-0.25, -0.2) is 0 Å². The third kappa shape index (κ3) is 5.12. The van der Waals surface area contributed by atoms with E-state index in [1.165, 1.54) is 0 Å². The molecule has 1 aromatic heterocycles. The van der Waals surface area contributed by atoms with Crippen molar-refractivity contribution in [2.45, 2.75) is 25.8 Å². The highest BCUT2D eigenvalue weighted by molar-refractivity contribution is 14.0. The van der Waals surface area contributed by atoms with E-state index in [9.17, 15) is 4.79 Å². The van der Waals surface area contributed by atoms with Crippen LogP contribution < -0.4 is 10.6 Å². The van der Waals surface area contributed by atoms with E-state index in [1.807, 2.05) is 24.3 Å². The number of benzene rings is 1. The molecule has 6 nitrogen and oxygen atoms in total. The number of fused-ring (bicyclic) bond motifs is 1. The fraction of sp³-hybridized carbons (Fsp3) is 0.474. The molecule has 1 aliphatic heterocycles. The molecule has 7 heteroatoms. The van der Waals surface area contributed by atoms with Crippen molar-refractivity contribution < 1.29 is 9.21 Å². The Morgan fingerprint density at radius 3 is 2.69 bits per heavy atom. The number of nitrogens with one attached hydrogen (secondary N) is 2. The molecule has 1 saturated heterocycles. The molecule has 0 spiro atoms. The number of hydrogen-bond acceptors (Lipinski definition) is 3. The maximum Gasteiger partial charge on any atom is 0.220 e. The number of aliphatic imine (C=N–C) groups is 1. The highest BCUT2D eigenvalue weighted by Gasteiger charge is 2.23. The summed E-state index contributed by atoms with van der Waals surface area (Å²) in [6.07, 6.45) is 2.65. The fourth-order valence-electron chi connectivity index (χ4n) is 3.34. The summed E-state index contributed by atoms with van der Waals surface area (Å²) >= 11 is 0. The number of rotatable bonds is 4. The lowest BCUT2D eigenvalue weighted by Gasteiger charge is -2.33. The molecule has 1 aliphatic rings. The SMILES string of the molecule is CN=C(NCc1cc2ccccc2o1)N1CCC(CC(=O)NC)CC1.I. The molecule has 1 aromatic carbocycles. The third-order valence-electron chi connectivity index (χ3n) is 4.78. The average molecular weight is 470 g/mol. The van der Waals surface area contributed by atoms with Crippen LogP contribution in [0, 0.1) is 5.92 Å². The Labute approximate surface area is 171 Å². The summed E-state index contributed by atoms with van der Waals surface area (Å²) < 4.78 is 5.84. The topological polar surface area (TPSA) is 69.9 Å². The molecule has 0 atom stereocenters. The Bertz CT molecular complexity index is 718. The number of nitrogens with zero attached hydrogens (tertiary/aromatic N) is 2. The van der Waals surface area contributed by atoms with Crippen molar-refractivity contribution >= 4 is 46.8 Å². The van der Waals surface area contributed by atoms with Crippen LogP contribution in [0.5, 0.6) is 0 Å². The van der Waals surface area contributed by atoms with Crippen molar-refractivity contribution in [2.24, 2.45) is 10.9 Å². The highest BCUT2D eigenvalue weighted by Crippen LogP contribution is 2.21. The van der Waals surface area contributed by atoms with Gasteiger partial charge >= 0.3 is 0 Å². The van der Waals surface area contributed by atoms with Crippen LogP contribution in [0.3, 0.4) is 0 Å². The molecule has 0 saturated carbocycles. The molecule has 0 unspecified atom stereocenters. The molecule has 3 rings (SSSR count). The zero-order chi connectivity index (χ0) is 17.6. The summed E-state index contributed by atoms with van der Waals surface area (Å²) in [6, 6.07) is 10.1.